The van der Waals surface area contributed by atoms with Gasteiger partial charge in [0.2, 0.25) is 0 Å². The summed E-state index contributed by atoms with van der Waals surface area (Å²) in [6.45, 7) is 3.47. The van der Waals surface area contributed by atoms with E-state index in [9.17, 15) is 45.6 Å². The van der Waals surface area contributed by atoms with Gasteiger partial charge in [-0.3, -0.25) is 0 Å². The van der Waals surface area contributed by atoms with E-state index in [-0.39, 0.29) is 53.2 Å². The van der Waals surface area contributed by atoms with Crippen LogP contribution in [0.5, 0.6) is 0 Å². The van der Waals surface area contributed by atoms with Gasteiger partial charge in [-0.1, -0.05) is 6.92 Å². The van der Waals surface area contributed by atoms with Gasteiger partial charge in [-0.15, -0.1) is 0 Å². The fourth-order valence-electron chi connectivity index (χ4n) is 11.4. The third-order valence-electron chi connectivity index (χ3n) is 14.2. The molecule has 0 aromatic rings. The highest BCUT2D eigenvalue weighted by molar-refractivity contribution is 5.85. The van der Waals surface area contributed by atoms with Crippen molar-refractivity contribution in [2.45, 2.75) is 145 Å². The molecule has 3 aliphatic heterocycles. The van der Waals surface area contributed by atoms with Crippen LogP contribution in [0.15, 0.2) is 11.6 Å². The number of carbonyl (C=O) groups is 1. The van der Waals surface area contributed by atoms with Gasteiger partial charge in [-0.2, -0.15) is 0 Å². The highest BCUT2D eigenvalue weighted by atomic mass is 16.7. The van der Waals surface area contributed by atoms with Crippen molar-refractivity contribution in [2.24, 2.45) is 34.5 Å². The number of fused-ring (bicyclic) bond motifs is 5. The molecule has 0 unspecified atom stereocenters. The summed E-state index contributed by atoms with van der Waals surface area (Å²) in [6, 6.07) is 0. The van der Waals surface area contributed by atoms with Crippen LogP contribution in [-0.2, 0) is 28.5 Å². The van der Waals surface area contributed by atoms with Gasteiger partial charge in [0.25, 0.3) is 0 Å². The Bertz CT molecular complexity index is 1260. The zero-order chi connectivity index (χ0) is 35.0. The first-order chi connectivity index (χ1) is 23.3. The van der Waals surface area contributed by atoms with Crippen molar-refractivity contribution in [1.82, 2.24) is 0 Å². The lowest BCUT2D eigenvalue weighted by atomic mass is 9.43. The van der Waals surface area contributed by atoms with Gasteiger partial charge in [0.05, 0.1) is 24.4 Å². The average Bonchev–Trinajstić information content (AvgIpc) is 3.64. The minimum Gasteiger partial charge on any atom is -0.458 e. The smallest absolute Gasteiger partial charge is 0.331 e. The molecule has 2 saturated heterocycles. The molecule has 0 aromatic carbocycles. The van der Waals surface area contributed by atoms with Crippen LogP contribution in [0.3, 0.4) is 0 Å². The number of aliphatic hydroxyl groups excluding tert-OH is 7. The molecule has 0 amide bonds. The van der Waals surface area contributed by atoms with Crippen molar-refractivity contribution in [3.63, 3.8) is 0 Å². The van der Waals surface area contributed by atoms with Crippen LogP contribution in [0.4, 0.5) is 0 Å². The topological polar surface area (TPSA) is 225 Å². The molecule has 18 atom stereocenters. The van der Waals surface area contributed by atoms with Crippen LogP contribution in [0.2, 0.25) is 0 Å². The van der Waals surface area contributed by atoms with Crippen molar-refractivity contribution >= 4 is 5.97 Å². The molecular weight excluding hydrogens is 644 g/mol. The summed E-state index contributed by atoms with van der Waals surface area (Å²) in [5, 5.41) is 85.8. The van der Waals surface area contributed by atoms with Gasteiger partial charge >= 0.3 is 5.97 Å². The fraction of sp³-hybridized carbons (Fsp3) is 0.914. The SMILES string of the molecule is C[C@H]1O[C@@H](O[C@H]2CC[C@@]3(CO)[C@@H](CC[C@@H]4[C@@H]3CC[C@]3(C)[C@@H](C5=CC(=O)OC5)CC[C@]43O)C2)[C@H](O)[C@H](O)[C@@H]1O[C@H]1O[C@H](CO)[C@@H](O)[C@H](O)[C@H]1O. The largest absolute Gasteiger partial charge is 0.458 e. The molecule has 0 radical (unpaired) electrons. The monoisotopic (exact) mass is 698 g/mol. The zero-order valence-electron chi connectivity index (χ0n) is 28.3. The van der Waals surface area contributed by atoms with E-state index >= 15 is 0 Å². The second-order valence-electron chi connectivity index (χ2n) is 16.2. The van der Waals surface area contributed by atoms with Crippen LogP contribution in [0, 0.1) is 34.5 Å². The molecule has 8 N–H and O–H groups in total. The molecule has 7 aliphatic rings. The second kappa shape index (κ2) is 13.3. The molecule has 3 heterocycles. The number of carbonyl (C=O) groups excluding carboxylic acids is 1. The molecular formula is C35H54O14. The maximum absolute atomic E-state index is 12.5. The first-order valence-corrected chi connectivity index (χ1v) is 18.1. The number of cyclic esters (lactones) is 1. The number of hydrogen-bond acceptors (Lipinski definition) is 14. The molecule has 0 aromatic heterocycles. The Hall–Kier alpha value is -1.27. The van der Waals surface area contributed by atoms with Crippen molar-refractivity contribution in [1.29, 1.82) is 0 Å². The predicted octanol–water partition coefficient (Wildman–Crippen LogP) is -0.747. The zero-order valence-corrected chi connectivity index (χ0v) is 28.3. The van der Waals surface area contributed by atoms with E-state index in [0.717, 1.165) is 37.7 Å². The number of ether oxygens (including phenoxy) is 5. The van der Waals surface area contributed by atoms with Crippen molar-refractivity contribution < 1.29 is 69.3 Å². The van der Waals surface area contributed by atoms with E-state index in [1.165, 1.54) is 0 Å². The summed E-state index contributed by atoms with van der Waals surface area (Å²) in [7, 11) is 0. The molecule has 0 spiro atoms. The maximum atomic E-state index is 12.5. The van der Waals surface area contributed by atoms with Gasteiger partial charge < -0.3 is 64.5 Å². The lowest BCUT2D eigenvalue weighted by Gasteiger charge is -2.64. The molecule has 49 heavy (non-hydrogen) atoms. The molecule has 4 aliphatic carbocycles. The molecule has 278 valence electrons. The lowest BCUT2D eigenvalue weighted by molar-refractivity contribution is -0.360. The van der Waals surface area contributed by atoms with Crippen LogP contribution in [0.25, 0.3) is 0 Å². The maximum Gasteiger partial charge on any atom is 0.331 e. The van der Waals surface area contributed by atoms with Gasteiger partial charge in [0.15, 0.2) is 12.6 Å². The van der Waals surface area contributed by atoms with E-state index in [1.54, 1.807) is 13.0 Å². The number of aliphatic hydroxyl groups is 8. The molecule has 0 bridgehead atoms. The molecule has 14 nitrogen and oxygen atoms in total. The van der Waals surface area contributed by atoms with Gasteiger partial charge in [-0.05, 0) is 99.4 Å². The average molecular weight is 699 g/mol. The summed E-state index contributed by atoms with van der Waals surface area (Å²) in [4.78, 5) is 11.9. The van der Waals surface area contributed by atoms with Crippen molar-refractivity contribution in [2.75, 3.05) is 19.8 Å². The summed E-state index contributed by atoms with van der Waals surface area (Å²) in [6.07, 6.45) is -5.76. The van der Waals surface area contributed by atoms with Crippen molar-refractivity contribution in [3.05, 3.63) is 11.6 Å². The minimum atomic E-state index is -1.67. The second-order valence-corrected chi connectivity index (χ2v) is 16.2. The van der Waals surface area contributed by atoms with Gasteiger partial charge in [-0.25, -0.2) is 4.79 Å². The molecule has 4 saturated carbocycles. The van der Waals surface area contributed by atoms with Crippen LogP contribution in [0.1, 0.15) is 71.6 Å². The summed E-state index contributed by atoms with van der Waals surface area (Å²) in [5.41, 5.74) is -0.641. The lowest BCUT2D eigenvalue weighted by Crippen LogP contribution is -2.64. The predicted molar refractivity (Wildman–Crippen MR) is 167 cm³/mol. The normalized spacial score (nSPS) is 54.4. The molecule has 7 rings (SSSR count). The van der Waals surface area contributed by atoms with Crippen molar-refractivity contribution in [3.8, 4) is 0 Å². The standard InChI is InChI=1S/C35H54O14/c1-16-30(49-32-28(42)26(40)25(39)23(13-36)48-32)27(41)29(43)31(46-16)47-19-5-9-34(15-37)18(12-19)3-4-22-21(34)6-8-33(2)20(7-10-35(22,33)44)17-11-24(38)45-14-17/h11,16,18-23,25-32,36-37,39-44H,3-10,12-15H2,1-2H3/t16-,18+,19+,20-,21+,22-,23-,25-,26+,27+,28-,29-,30-,31+,32-,33-,34-,35+/m1/s1. The number of esters is 1. The number of hydrogen-bond donors (Lipinski definition) is 8. The third kappa shape index (κ3) is 5.64. The Kier molecular flexibility index (Phi) is 9.80. The Morgan fingerprint density at radius 3 is 2.27 bits per heavy atom. The van der Waals surface area contributed by atoms with Crippen LogP contribution < -0.4 is 0 Å². The first-order valence-electron chi connectivity index (χ1n) is 18.1. The van der Waals surface area contributed by atoms with E-state index in [4.69, 9.17) is 23.7 Å². The Balaban J connectivity index is 0.995. The van der Waals surface area contributed by atoms with Gasteiger partial charge in [0.1, 0.15) is 49.3 Å². The third-order valence-corrected chi connectivity index (χ3v) is 14.2. The first kappa shape index (κ1) is 36.1. The highest BCUT2D eigenvalue weighted by Gasteiger charge is 2.68. The fourth-order valence-corrected chi connectivity index (χ4v) is 11.4. The van der Waals surface area contributed by atoms with E-state index in [0.29, 0.717) is 32.3 Å². The van der Waals surface area contributed by atoms with E-state index < -0.39 is 73.6 Å². The summed E-state index contributed by atoms with van der Waals surface area (Å²) in [5.74, 6) is 0.104. The quantitative estimate of drug-likeness (QED) is 0.121. The Morgan fingerprint density at radius 2 is 1.57 bits per heavy atom. The van der Waals surface area contributed by atoms with Crippen LogP contribution in [-0.4, -0.2) is 140 Å². The highest BCUT2D eigenvalue weighted by Crippen LogP contribution is 2.70. The Morgan fingerprint density at radius 1 is 0.837 bits per heavy atom. The summed E-state index contributed by atoms with van der Waals surface area (Å²) >= 11 is 0. The minimum absolute atomic E-state index is 0.0184. The molecule has 14 heteroatoms. The van der Waals surface area contributed by atoms with E-state index in [2.05, 4.69) is 6.92 Å². The summed E-state index contributed by atoms with van der Waals surface area (Å²) < 4.78 is 28.7. The van der Waals surface area contributed by atoms with Crippen LogP contribution >= 0.6 is 0 Å². The Labute approximate surface area is 285 Å². The number of rotatable bonds is 7. The van der Waals surface area contributed by atoms with Gasteiger partial charge in [0, 0.05) is 18.1 Å². The van der Waals surface area contributed by atoms with E-state index in [1.807, 2.05) is 0 Å². The molecule has 6 fully saturated rings.